The molecule has 60 valence electrons. The highest BCUT2D eigenvalue weighted by atomic mass is 32.1. The SMILES string of the molecule is CC(CNCCS)C(=O)O. The molecule has 0 spiro atoms. The van der Waals surface area contributed by atoms with E-state index in [2.05, 4.69) is 17.9 Å². The van der Waals surface area contributed by atoms with Crippen LogP contribution in [0.1, 0.15) is 6.92 Å². The molecule has 0 aliphatic carbocycles. The predicted octanol–water partition coefficient (Wildman–Crippen LogP) is 0.227. The van der Waals surface area contributed by atoms with Crippen LogP contribution in [-0.2, 0) is 4.79 Å². The minimum atomic E-state index is -0.758. The first-order chi connectivity index (χ1) is 4.68. The van der Waals surface area contributed by atoms with E-state index in [0.29, 0.717) is 6.54 Å². The summed E-state index contributed by atoms with van der Waals surface area (Å²) in [5.74, 6) is -0.321. The van der Waals surface area contributed by atoms with Crippen LogP contribution in [0, 0.1) is 5.92 Å². The molecule has 0 saturated heterocycles. The Bertz CT molecular complexity index is 108. The van der Waals surface area contributed by atoms with Crippen molar-refractivity contribution in [3.8, 4) is 0 Å². The number of carboxylic acids is 1. The van der Waals surface area contributed by atoms with Gasteiger partial charge in [0.2, 0.25) is 0 Å². The van der Waals surface area contributed by atoms with E-state index in [1.807, 2.05) is 0 Å². The molecule has 0 rings (SSSR count). The van der Waals surface area contributed by atoms with E-state index in [1.54, 1.807) is 6.92 Å². The quantitative estimate of drug-likeness (QED) is 0.401. The van der Waals surface area contributed by atoms with Crippen molar-refractivity contribution in [2.75, 3.05) is 18.8 Å². The average Bonchev–Trinajstić information content (AvgIpc) is 1.88. The molecule has 0 fully saturated rings. The largest absolute Gasteiger partial charge is 0.481 e. The molecule has 0 bridgehead atoms. The van der Waals surface area contributed by atoms with Crippen molar-refractivity contribution in [3.05, 3.63) is 0 Å². The van der Waals surface area contributed by atoms with Crippen LogP contribution >= 0.6 is 12.6 Å². The highest BCUT2D eigenvalue weighted by Gasteiger charge is 2.08. The van der Waals surface area contributed by atoms with Crippen molar-refractivity contribution in [1.29, 1.82) is 0 Å². The number of nitrogens with one attached hydrogen (secondary N) is 1. The van der Waals surface area contributed by atoms with Gasteiger partial charge in [-0.2, -0.15) is 12.6 Å². The van der Waals surface area contributed by atoms with Gasteiger partial charge in [-0.3, -0.25) is 4.79 Å². The molecule has 0 amide bonds. The van der Waals surface area contributed by atoms with Crippen molar-refractivity contribution in [2.45, 2.75) is 6.92 Å². The molecule has 0 saturated carbocycles. The van der Waals surface area contributed by atoms with Gasteiger partial charge in [0.1, 0.15) is 0 Å². The summed E-state index contributed by atoms with van der Waals surface area (Å²) in [6.07, 6.45) is 0. The molecule has 0 radical (unpaired) electrons. The van der Waals surface area contributed by atoms with Gasteiger partial charge in [-0.05, 0) is 0 Å². The summed E-state index contributed by atoms with van der Waals surface area (Å²) in [6.45, 7) is 2.96. The zero-order valence-electron chi connectivity index (χ0n) is 6.00. The first-order valence-electron chi connectivity index (χ1n) is 3.23. The Balaban J connectivity index is 3.21. The van der Waals surface area contributed by atoms with Gasteiger partial charge in [0, 0.05) is 18.8 Å². The first-order valence-corrected chi connectivity index (χ1v) is 3.86. The fraction of sp³-hybridized carbons (Fsp3) is 0.833. The third-order valence-electron chi connectivity index (χ3n) is 1.16. The predicted molar refractivity (Wildman–Crippen MR) is 43.5 cm³/mol. The van der Waals surface area contributed by atoms with Gasteiger partial charge in [0.25, 0.3) is 0 Å². The third kappa shape index (κ3) is 4.64. The van der Waals surface area contributed by atoms with Gasteiger partial charge in [-0.1, -0.05) is 6.92 Å². The number of carbonyl (C=O) groups is 1. The van der Waals surface area contributed by atoms with Crippen LogP contribution in [0.4, 0.5) is 0 Å². The van der Waals surface area contributed by atoms with Gasteiger partial charge in [0.05, 0.1) is 5.92 Å². The molecule has 3 nitrogen and oxygen atoms in total. The van der Waals surface area contributed by atoms with E-state index >= 15 is 0 Å². The number of hydrogen-bond acceptors (Lipinski definition) is 3. The van der Waals surface area contributed by atoms with Gasteiger partial charge < -0.3 is 10.4 Å². The van der Waals surface area contributed by atoms with E-state index < -0.39 is 5.97 Å². The standard InChI is InChI=1S/C6H13NO2S/c1-5(6(8)9)4-7-2-3-10/h5,7,10H,2-4H2,1H3,(H,8,9). The number of carboxylic acid groups (broad SMARTS) is 1. The lowest BCUT2D eigenvalue weighted by molar-refractivity contribution is -0.140. The molecule has 0 aromatic heterocycles. The number of thiol groups is 1. The highest BCUT2D eigenvalue weighted by Crippen LogP contribution is 1.90. The summed E-state index contributed by atoms with van der Waals surface area (Å²) >= 11 is 3.96. The Labute approximate surface area is 66.2 Å². The number of hydrogen-bond donors (Lipinski definition) is 3. The first kappa shape index (κ1) is 9.78. The summed E-state index contributed by atoms with van der Waals surface area (Å²) < 4.78 is 0. The lowest BCUT2D eigenvalue weighted by Crippen LogP contribution is -2.27. The topological polar surface area (TPSA) is 49.3 Å². The van der Waals surface area contributed by atoms with Crippen LogP contribution in [0.15, 0.2) is 0 Å². The number of aliphatic carboxylic acids is 1. The van der Waals surface area contributed by atoms with E-state index in [9.17, 15) is 4.79 Å². The van der Waals surface area contributed by atoms with E-state index in [-0.39, 0.29) is 5.92 Å². The Morgan fingerprint density at radius 3 is 2.80 bits per heavy atom. The van der Waals surface area contributed by atoms with Crippen molar-refractivity contribution in [2.24, 2.45) is 5.92 Å². The molecule has 4 heteroatoms. The fourth-order valence-electron chi connectivity index (χ4n) is 0.485. The van der Waals surface area contributed by atoms with Crippen LogP contribution in [0.5, 0.6) is 0 Å². The second-order valence-corrected chi connectivity index (χ2v) is 2.61. The highest BCUT2D eigenvalue weighted by molar-refractivity contribution is 7.80. The molecule has 1 atom stereocenters. The maximum Gasteiger partial charge on any atom is 0.307 e. The van der Waals surface area contributed by atoms with Crippen LogP contribution in [0.3, 0.4) is 0 Å². The van der Waals surface area contributed by atoms with Crippen LogP contribution < -0.4 is 5.32 Å². The van der Waals surface area contributed by atoms with Crippen molar-refractivity contribution in [3.63, 3.8) is 0 Å². The summed E-state index contributed by atoms with van der Waals surface area (Å²) in [7, 11) is 0. The Hall–Kier alpha value is -0.220. The van der Waals surface area contributed by atoms with Crippen LogP contribution in [0.25, 0.3) is 0 Å². The molecule has 10 heavy (non-hydrogen) atoms. The van der Waals surface area contributed by atoms with E-state index in [1.165, 1.54) is 0 Å². The molecular formula is C6H13NO2S. The minimum Gasteiger partial charge on any atom is -0.481 e. The van der Waals surface area contributed by atoms with Gasteiger partial charge in [-0.15, -0.1) is 0 Å². The Kier molecular flexibility index (Phi) is 5.43. The smallest absolute Gasteiger partial charge is 0.307 e. The Morgan fingerprint density at radius 2 is 2.40 bits per heavy atom. The molecule has 0 aliphatic rings. The maximum absolute atomic E-state index is 10.2. The molecule has 0 heterocycles. The number of rotatable bonds is 5. The molecule has 0 aromatic rings. The molecule has 1 unspecified atom stereocenters. The maximum atomic E-state index is 10.2. The second kappa shape index (κ2) is 5.56. The summed E-state index contributed by atoms with van der Waals surface area (Å²) in [5.41, 5.74) is 0. The van der Waals surface area contributed by atoms with E-state index in [4.69, 9.17) is 5.11 Å². The lowest BCUT2D eigenvalue weighted by atomic mass is 10.2. The van der Waals surface area contributed by atoms with Gasteiger partial charge in [0.15, 0.2) is 0 Å². The molecular weight excluding hydrogens is 150 g/mol. The molecule has 2 N–H and O–H groups in total. The second-order valence-electron chi connectivity index (χ2n) is 2.17. The van der Waals surface area contributed by atoms with Gasteiger partial charge >= 0.3 is 5.97 Å². The normalized spacial score (nSPS) is 13.0. The third-order valence-corrected chi connectivity index (χ3v) is 1.38. The Morgan fingerprint density at radius 1 is 1.80 bits per heavy atom. The molecule has 0 aromatic carbocycles. The summed E-state index contributed by atoms with van der Waals surface area (Å²) in [4.78, 5) is 10.2. The van der Waals surface area contributed by atoms with Crippen molar-refractivity contribution >= 4 is 18.6 Å². The van der Waals surface area contributed by atoms with E-state index in [0.717, 1.165) is 12.3 Å². The zero-order valence-corrected chi connectivity index (χ0v) is 6.90. The van der Waals surface area contributed by atoms with Crippen molar-refractivity contribution < 1.29 is 9.90 Å². The van der Waals surface area contributed by atoms with Crippen molar-refractivity contribution in [1.82, 2.24) is 5.32 Å². The van der Waals surface area contributed by atoms with Crippen LogP contribution in [-0.4, -0.2) is 29.9 Å². The average molecular weight is 163 g/mol. The molecule has 0 aliphatic heterocycles. The van der Waals surface area contributed by atoms with Gasteiger partial charge in [-0.25, -0.2) is 0 Å². The fourth-order valence-corrected chi connectivity index (χ4v) is 0.643. The minimum absolute atomic E-state index is 0.306. The summed E-state index contributed by atoms with van der Waals surface area (Å²) in [5, 5.41) is 11.4. The monoisotopic (exact) mass is 163 g/mol. The summed E-state index contributed by atoms with van der Waals surface area (Å²) in [6, 6.07) is 0. The zero-order chi connectivity index (χ0) is 7.98. The van der Waals surface area contributed by atoms with Crippen LogP contribution in [0.2, 0.25) is 0 Å². The lowest BCUT2D eigenvalue weighted by Gasteiger charge is -2.05.